The highest BCUT2D eigenvalue weighted by molar-refractivity contribution is 7.89. The highest BCUT2D eigenvalue weighted by Crippen LogP contribution is 2.17. The van der Waals surface area contributed by atoms with E-state index >= 15 is 0 Å². The van der Waals surface area contributed by atoms with Gasteiger partial charge < -0.3 is 9.47 Å². The van der Waals surface area contributed by atoms with E-state index in [1.54, 1.807) is 29.5 Å². The van der Waals surface area contributed by atoms with Gasteiger partial charge in [0.1, 0.15) is 5.82 Å². The van der Waals surface area contributed by atoms with E-state index in [-0.39, 0.29) is 10.9 Å². The van der Waals surface area contributed by atoms with Crippen LogP contribution in [0.1, 0.15) is 26.1 Å². The van der Waals surface area contributed by atoms with Crippen LogP contribution in [-0.2, 0) is 21.9 Å². The van der Waals surface area contributed by atoms with Gasteiger partial charge in [-0.3, -0.25) is 4.79 Å². The minimum atomic E-state index is -3.61. The monoisotopic (exact) mass is 340 g/mol. The zero-order chi connectivity index (χ0) is 17.2. The Morgan fingerprint density at radius 1 is 1.22 bits per heavy atom. The molecule has 0 atom stereocenters. The lowest BCUT2D eigenvalue weighted by Gasteiger charge is -2.20. The number of aromatic nitrogens is 2. The zero-order valence-electron chi connectivity index (χ0n) is 14.1. The number of rotatable bonds is 3. The van der Waals surface area contributed by atoms with Crippen molar-refractivity contribution in [2.24, 2.45) is 7.05 Å². The molecule has 1 aromatic rings. The molecule has 1 amide bonds. The predicted molar refractivity (Wildman–Crippen MR) is 87.3 cm³/mol. The molecular formula is C15H24N4O3S. The minimum Gasteiger partial charge on any atom is -0.338 e. The Morgan fingerprint density at radius 2 is 1.91 bits per heavy atom. The van der Waals surface area contributed by atoms with Crippen LogP contribution >= 0.6 is 0 Å². The summed E-state index contributed by atoms with van der Waals surface area (Å²) in [6.45, 7) is 7.16. The lowest BCUT2D eigenvalue weighted by Crippen LogP contribution is -2.37. The molecule has 0 aliphatic carbocycles. The van der Waals surface area contributed by atoms with Gasteiger partial charge in [-0.25, -0.2) is 13.4 Å². The lowest BCUT2D eigenvalue weighted by molar-refractivity contribution is -0.125. The summed E-state index contributed by atoms with van der Waals surface area (Å²) in [7, 11) is -1.84. The van der Waals surface area contributed by atoms with Crippen LogP contribution in [-0.4, -0.2) is 59.3 Å². The second-order valence-corrected chi connectivity index (χ2v) is 7.93. The van der Waals surface area contributed by atoms with Crippen molar-refractivity contribution in [3.8, 4) is 0 Å². The summed E-state index contributed by atoms with van der Waals surface area (Å²) >= 11 is 0. The number of allylic oxidation sites excluding steroid dienone is 1. The zero-order valence-corrected chi connectivity index (χ0v) is 14.9. The van der Waals surface area contributed by atoms with Gasteiger partial charge in [0, 0.05) is 45.5 Å². The van der Waals surface area contributed by atoms with Crippen LogP contribution in [0.5, 0.6) is 0 Å². The van der Waals surface area contributed by atoms with Gasteiger partial charge in [-0.1, -0.05) is 5.57 Å². The van der Waals surface area contributed by atoms with Crippen LogP contribution in [0.2, 0.25) is 0 Å². The maximum atomic E-state index is 12.7. The minimum absolute atomic E-state index is 0.0575. The Morgan fingerprint density at radius 3 is 2.48 bits per heavy atom. The van der Waals surface area contributed by atoms with Crippen molar-refractivity contribution in [1.29, 1.82) is 0 Å². The van der Waals surface area contributed by atoms with Crippen molar-refractivity contribution in [1.82, 2.24) is 18.8 Å². The van der Waals surface area contributed by atoms with E-state index < -0.39 is 10.0 Å². The van der Waals surface area contributed by atoms with Crippen LogP contribution in [0.3, 0.4) is 0 Å². The molecule has 7 nitrogen and oxygen atoms in total. The van der Waals surface area contributed by atoms with Crippen LogP contribution in [0.15, 0.2) is 22.9 Å². The number of aryl methyl sites for hydroxylation is 2. The summed E-state index contributed by atoms with van der Waals surface area (Å²) in [6.07, 6.45) is 3.74. The third-order valence-electron chi connectivity index (χ3n) is 3.87. The van der Waals surface area contributed by atoms with E-state index in [4.69, 9.17) is 0 Å². The van der Waals surface area contributed by atoms with Gasteiger partial charge in [-0.2, -0.15) is 4.31 Å². The van der Waals surface area contributed by atoms with E-state index in [1.807, 2.05) is 13.8 Å². The molecule has 2 heterocycles. The maximum Gasteiger partial charge on any atom is 0.262 e. The van der Waals surface area contributed by atoms with Gasteiger partial charge in [0.2, 0.25) is 5.91 Å². The third-order valence-corrected chi connectivity index (χ3v) is 5.64. The Kier molecular flexibility index (Phi) is 5.26. The van der Waals surface area contributed by atoms with E-state index in [9.17, 15) is 13.2 Å². The van der Waals surface area contributed by atoms with Gasteiger partial charge in [0.15, 0.2) is 5.03 Å². The fraction of sp³-hybridized carbons (Fsp3) is 0.600. The molecule has 1 fully saturated rings. The van der Waals surface area contributed by atoms with Crippen molar-refractivity contribution >= 4 is 15.9 Å². The van der Waals surface area contributed by atoms with Gasteiger partial charge in [-0.15, -0.1) is 0 Å². The molecule has 1 saturated heterocycles. The first kappa shape index (κ1) is 17.7. The smallest absolute Gasteiger partial charge is 0.262 e. The largest absolute Gasteiger partial charge is 0.338 e. The number of carbonyl (C=O) groups is 1. The van der Waals surface area contributed by atoms with Crippen molar-refractivity contribution in [3.63, 3.8) is 0 Å². The van der Waals surface area contributed by atoms with Crippen molar-refractivity contribution in [2.45, 2.75) is 32.2 Å². The predicted octanol–water partition coefficient (Wildman–Crippen LogP) is 0.918. The first-order valence-corrected chi connectivity index (χ1v) is 9.09. The highest BCUT2D eigenvalue weighted by atomic mass is 32.2. The third kappa shape index (κ3) is 4.00. The Balaban J connectivity index is 2.14. The lowest BCUT2D eigenvalue weighted by atomic mass is 10.3. The van der Waals surface area contributed by atoms with Crippen LogP contribution < -0.4 is 0 Å². The number of nitrogens with zero attached hydrogens (tertiary/aromatic N) is 4. The summed E-state index contributed by atoms with van der Waals surface area (Å²) in [5, 5.41) is 0.0709. The van der Waals surface area contributed by atoms with E-state index in [0.29, 0.717) is 38.4 Å². The van der Waals surface area contributed by atoms with Crippen LogP contribution in [0, 0.1) is 6.92 Å². The number of imidazole rings is 1. The van der Waals surface area contributed by atoms with Gasteiger partial charge in [-0.05, 0) is 27.2 Å². The van der Waals surface area contributed by atoms with E-state index in [1.165, 1.54) is 10.5 Å². The van der Waals surface area contributed by atoms with Gasteiger partial charge in [0.25, 0.3) is 10.0 Å². The van der Waals surface area contributed by atoms with Gasteiger partial charge in [0.05, 0.1) is 0 Å². The fourth-order valence-electron chi connectivity index (χ4n) is 2.48. The molecule has 1 aromatic heterocycles. The number of amides is 1. The molecule has 1 aliphatic rings. The molecule has 0 N–H and O–H groups in total. The second-order valence-electron chi connectivity index (χ2n) is 6.04. The quantitative estimate of drug-likeness (QED) is 0.767. The second kappa shape index (κ2) is 6.84. The van der Waals surface area contributed by atoms with E-state index in [0.717, 1.165) is 5.57 Å². The molecule has 0 unspecified atom stereocenters. The Bertz CT molecular complexity index is 698. The fourth-order valence-corrected chi connectivity index (χ4v) is 3.97. The molecule has 0 aromatic carbocycles. The average molecular weight is 340 g/mol. The summed E-state index contributed by atoms with van der Waals surface area (Å²) in [5.41, 5.74) is 0.938. The van der Waals surface area contributed by atoms with E-state index in [2.05, 4.69) is 4.98 Å². The molecule has 128 valence electrons. The highest BCUT2D eigenvalue weighted by Gasteiger charge is 2.29. The summed E-state index contributed by atoms with van der Waals surface area (Å²) < 4.78 is 28.5. The first-order valence-electron chi connectivity index (χ1n) is 7.65. The summed E-state index contributed by atoms with van der Waals surface area (Å²) in [5.74, 6) is 0.594. The number of hydrogen-bond acceptors (Lipinski definition) is 4. The maximum absolute atomic E-state index is 12.7. The normalized spacial score (nSPS) is 17.0. The van der Waals surface area contributed by atoms with Crippen LogP contribution in [0.25, 0.3) is 0 Å². The molecule has 1 aliphatic heterocycles. The molecule has 23 heavy (non-hydrogen) atoms. The molecular weight excluding hydrogens is 316 g/mol. The molecule has 0 saturated carbocycles. The first-order chi connectivity index (χ1) is 10.7. The average Bonchev–Trinajstić information content (AvgIpc) is 2.67. The van der Waals surface area contributed by atoms with Crippen molar-refractivity contribution < 1.29 is 13.2 Å². The molecule has 2 rings (SSSR count). The standard InChI is InChI=1S/C15H24N4O3S/c1-12(2)10-15(20)18-6-5-7-19(9-8-18)23(21,22)14-11-17(4)13(3)16-14/h10-11H,5-9H2,1-4H3. The molecule has 8 heteroatoms. The van der Waals surface area contributed by atoms with Crippen molar-refractivity contribution in [2.75, 3.05) is 26.2 Å². The Labute approximate surface area is 137 Å². The van der Waals surface area contributed by atoms with Gasteiger partial charge >= 0.3 is 0 Å². The number of carbonyl (C=O) groups excluding carboxylic acids is 1. The molecule has 0 spiro atoms. The molecule has 0 radical (unpaired) electrons. The number of hydrogen-bond donors (Lipinski definition) is 0. The summed E-state index contributed by atoms with van der Waals surface area (Å²) in [4.78, 5) is 17.9. The van der Waals surface area contributed by atoms with Crippen molar-refractivity contribution in [3.05, 3.63) is 23.7 Å². The molecule has 0 bridgehead atoms. The topological polar surface area (TPSA) is 75.5 Å². The Hall–Kier alpha value is -1.67. The number of sulfonamides is 1. The SMILES string of the molecule is CC(C)=CC(=O)N1CCCN(S(=O)(=O)c2cn(C)c(C)n2)CC1. The summed E-state index contributed by atoms with van der Waals surface area (Å²) in [6, 6.07) is 0. The van der Waals surface area contributed by atoms with Crippen LogP contribution in [0.4, 0.5) is 0 Å².